The van der Waals surface area contributed by atoms with Gasteiger partial charge in [0.05, 0.1) is 6.61 Å². The summed E-state index contributed by atoms with van der Waals surface area (Å²) in [6.45, 7) is 5.94. The summed E-state index contributed by atoms with van der Waals surface area (Å²) in [6, 6.07) is 14.4. The third kappa shape index (κ3) is 4.44. The molecule has 5 nitrogen and oxygen atoms in total. The molecule has 5 heteroatoms. The molecule has 1 amide bonds. The Kier molecular flexibility index (Phi) is 6.56. The number of methoxy groups -OCH3 is 1. The summed E-state index contributed by atoms with van der Waals surface area (Å²) in [7, 11) is 1.68. The molecule has 152 valence electrons. The first-order valence-electron chi connectivity index (χ1n) is 10.1. The number of hydrogen-bond acceptors (Lipinski definition) is 3. The molecule has 0 bridgehead atoms. The van der Waals surface area contributed by atoms with Gasteiger partial charge >= 0.3 is 0 Å². The molecule has 29 heavy (non-hydrogen) atoms. The summed E-state index contributed by atoms with van der Waals surface area (Å²) in [4.78, 5) is 12.7. The number of benzene rings is 1. The molecule has 1 heterocycles. The van der Waals surface area contributed by atoms with Gasteiger partial charge in [-0.3, -0.25) is 4.79 Å². The van der Waals surface area contributed by atoms with E-state index in [4.69, 9.17) is 4.74 Å². The maximum atomic E-state index is 12.7. The lowest BCUT2D eigenvalue weighted by molar-refractivity contribution is -0.117. The largest absolute Gasteiger partial charge is 0.383 e. The third-order valence-corrected chi connectivity index (χ3v) is 6.08. The van der Waals surface area contributed by atoms with Crippen LogP contribution in [0.4, 0.5) is 0 Å². The number of aromatic nitrogens is 1. The average molecular weight is 392 g/mol. The van der Waals surface area contributed by atoms with Gasteiger partial charge in [-0.25, -0.2) is 0 Å². The molecule has 1 fully saturated rings. The molecule has 0 atom stereocenters. The normalized spacial score (nSPS) is 15.4. The van der Waals surface area contributed by atoms with Gasteiger partial charge in [0.1, 0.15) is 11.6 Å². The number of nitrogens with one attached hydrogen (secondary N) is 1. The predicted molar refractivity (Wildman–Crippen MR) is 114 cm³/mol. The lowest BCUT2D eigenvalue weighted by atomic mass is 9.64. The standard InChI is InChI=1S/C24H29N3O2/c1-18-14-20(19(2)27(18)12-13-29-3)15-21(16-25)23(28)26-17-24(10-7-11-24)22-8-5-4-6-9-22/h4-6,8-9,14-15H,7,10-13,17H2,1-3H3,(H,26,28). The number of nitrogens with zero attached hydrogens (tertiary/aromatic N) is 2. The fraction of sp³-hybridized carbons (Fsp3) is 0.417. The van der Waals surface area contributed by atoms with Crippen molar-refractivity contribution in [2.45, 2.75) is 45.1 Å². The predicted octanol–water partition coefficient (Wildman–Crippen LogP) is 3.90. The molecule has 1 aromatic carbocycles. The van der Waals surface area contributed by atoms with Crippen LogP contribution < -0.4 is 5.32 Å². The Morgan fingerprint density at radius 1 is 1.31 bits per heavy atom. The van der Waals surface area contributed by atoms with Crippen molar-refractivity contribution in [1.82, 2.24) is 9.88 Å². The van der Waals surface area contributed by atoms with Gasteiger partial charge in [0.25, 0.3) is 5.91 Å². The Morgan fingerprint density at radius 2 is 2.03 bits per heavy atom. The van der Waals surface area contributed by atoms with Crippen LogP contribution in [-0.4, -0.2) is 30.7 Å². The highest BCUT2D eigenvalue weighted by Crippen LogP contribution is 2.43. The number of aryl methyl sites for hydroxylation is 1. The molecule has 1 N–H and O–H groups in total. The van der Waals surface area contributed by atoms with E-state index in [9.17, 15) is 10.1 Å². The number of amides is 1. The first-order chi connectivity index (χ1) is 14.0. The van der Waals surface area contributed by atoms with Crippen LogP contribution in [-0.2, 0) is 21.5 Å². The molecule has 1 aliphatic rings. The number of carbonyl (C=O) groups excluding carboxylic acids is 1. The van der Waals surface area contributed by atoms with Crippen LogP contribution in [0.1, 0.15) is 41.8 Å². The van der Waals surface area contributed by atoms with Crippen molar-refractivity contribution in [3.05, 3.63) is 64.5 Å². The molecule has 1 aromatic heterocycles. The lowest BCUT2D eigenvalue weighted by Crippen LogP contribution is -2.45. The van der Waals surface area contributed by atoms with E-state index in [1.807, 2.05) is 38.1 Å². The number of rotatable bonds is 8. The summed E-state index contributed by atoms with van der Waals surface area (Å²) >= 11 is 0. The van der Waals surface area contributed by atoms with Gasteiger partial charge < -0.3 is 14.6 Å². The van der Waals surface area contributed by atoms with E-state index in [1.165, 1.54) is 12.0 Å². The van der Waals surface area contributed by atoms with Crippen LogP contribution in [0.5, 0.6) is 0 Å². The van der Waals surface area contributed by atoms with Gasteiger partial charge in [-0.1, -0.05) is 36.8 Å². The number of nitriles is 1. The highest BCUT2D eigenvalue weighted by molar-refractivity contribution is 6.01. The monoisotopic (exact) mass is 391 g/mol. The van der Waals surface area contributed by atoms with Crippen molar-refractivity contribution in [3.8, 4) is 6.07 Å². The molecule has 1 saturated carbocycles. The average Bonchev–Trinajstić information content (AvgIpc) is 2.97. The van der Waals surface area contributed by atoms with Crippen LogP contribution in [0.15, 0.2) is 42.0 Å². The number of carbonyl (C=O) groups is 1. The van der Waals surface area contributed by atoms with E-state index in [-0.39, 0.29) is 16.9 Å². The van der Waals surface area contributed by atoms with Gasteiger partial charge in [0.2, 0.25) is 0 Å². The van der Waals surface area contributed by atoms with Crippen molar-refractivity contribution in [1.29, 1.82) is 5.26 Å². The summed E-state index contributed by atoms with van der Waals surface area (Å²) < 4.78 is 7.31. The van der Waals surface area contributed by atoms with E-state index < -0.39 is 0 Å². The lowest BCUT2D eigenvalue weighted by Gasteiger charge is -2.42. The first kappa shape index (κ1) is 20.9. The van der Waals surface area contributed by atoms with Crippen LogP contribution >= 0.6 is 0 Å². The van der Waals surface area contributed by atoms with Gasteiger partial charge in [-0.2, -0.15) is 5.26 Å². The minimum absolute atomic E-state index is 0.00648. The Labute approximate surface area is 173 Å². The van der Waals surface area contributed by atoms with Crippen LogP contribution in [0.2, 0.25) is 0 Å². The summed E-state index contributed by atoms with van der Waals surface area (Å²) in [6.07, 6.45) is 4.98. The zero-order valence-electron chi connectivity index (χ0n) is 17.5. The van der Waals surface area contributed by atoms with Gasteiger partial charge in [-0.05, 0) is 50.0 Å². The smallest absolute Gasteiger partial charge is 0.261 e. The Morgan fingerprint density at radius 3 is 2.62 bits per heavy atom. The SMILES string of the molecule is COCCn1c(C)cc(C=C(C#N)C(=O)NCC2(c3ccccc3)CCC2)c1C. The van der Waals surface area contributed by atoms with Gasteiger partial charge in [0.15, 0.2) is 0 Å². The van der Waals surface area contributed by atoms with Crippen molar-refractivity contribution in [2.24, 2.45) is 0 Å². The molecular weight excluding hydrogens is 362 g/mol. The van der Waals surface area contributed by atoms with Crippen LogP contribution in [0, 0.1) is 25.2 Å². The van der Waals surface area contributed by atoms with Gasteiger partial charge in [0, 0.05) is 37.0 Å². The van der Waals surface area contributed by atoms with E-state index >= 15 is 0 Å². The minimum atomic E-state index is -0.309. The second kappa shape index (κ2) is 9.11. The molecule has 1 aliphatic carbocycles. The summed E-state index contributed by atoms with van der Waals surface area (Å²) in [5, 5.41) is 12.6. The van der Waals surface area contributed by atoms with E-state index in [0.717, 1.165) is 36.3 Å². The molecule has 3 rings (SSSR count). The fourth-order valence-electron chi connectivity index (χ4n) is 4.11. The Bertz CT molecular complexity index is 931. The molecular formula is C24H29N3O2. The van der Waals surface area contributed by atoms with Crippen LogP contribution in [0.3, 0.4) is 0 Å². The highest BCUT2D eigenvalue weighted by atomic mass is 16.5. The fourth-order valence-corrected chi connectivity index (χ4v) is 4.11. The van der Waals surface area contributed by atoms with Crippen LogP contribution in [0.25, 0.3) is 6.08 Å². The van der Waals surface area contributed by atoms with Gasteiger partial charge in [-0.15, -0.1) is 0 Å². The van der Waals surface area contributed by atoms with E-state index in [1.54, 1.807) is 13.2 Å². The molecule has 2 aromatic rings. The number of ether oxygens (including phenoxy) is 1. The van der Waals surface area contributed by atoms with Crippen molar-refractivity contribution >= 4 is 12.0 Å². The first-order valence-corrected chi connectivity index (χ1v) is 10.1. The highest BCUT2D eigenvalue weighted by Gasteiger charge is 2.38. The molecule has 0 unspecified atom stereocenters. The topological polar surface area (TPSA) is 67.0 Å². The zero-order chi connectivity index (χ0) is 20.9. The Balaban J connectivity index is 1.74. The zero-order valence-corrected chi connectivity index (χ0v) is 17.5. The summed E-state index contributed by atoms with van der Waals surface area (Å²) in [5.41, 5.74) is 4.40. The quantitative estimate of drug-likeness (QED) is 0.548. The van der Waals surface area contributed by atoms with E-state index in [0.29, 0.717) is 13.2 Å². The minimum Gasteiger partial charge on any atom is -0.383 e. The van der Waals surface area contributed by atoms with Crippen molar-refractivity contribution in [3.63, 3.8) is 0 Å². The summed E-state index contributed by atoms with van der Waals surface area (Å²) in [5.74, 6) is -0.309. The molecule has 0 aliphatic heterocycles. The second-order valence-corrected chi connectivity index (χ2v) is 7.82. The van der Waals surface area contributed by atoms with Crippen molar-refractivity contribution in [2.75, 3.05) is 20.3 Å². The van der Waals surface area contributed by atoms with E-state index in [2.05, 4.69) is 28.1 Å². The molecule has 0 radical (unpaired) electrons. The molecule has 0 saturated heterocycles. The Hall–Kier alpha value is -2.84. The van der Waals surface area contributed by atoms with Crippen molar-refractivity contribution < 1.29 is 9.53 Å². The molecule has 0 spiro atoms. The third-order valence-electron chi connectivity index (χ3n) is 6.08. The number of hydrogen-bond donors (Lipinski definition) is 1. The maximum Gasteiger partial charge on any atom is 0.261 e. The maximum absolute atomic E-state index is 12.7. The second-order valence-electron chi connectivity index (χ2n) is 7.82.